The number of carbonyl (C=O) groups excluding carboxylic acids is 2. The Morgan fingerprint density at radius 1 is 1.09 bits per heavy atom. The highest BCUT2D eigenvalue weighted by atomic mass is 32.2. The average molecular weight is 458 g/mol. The average Bonchev–Trinajstić information content (AvgIpc) is 3.04. The van der Waals surface area contributed by atoms with Gasteiger partial charge in [-0.3, -0.25) is 10.1 Å². The maximum absolute atomic E-state index is 13.2. The van der Waals surface area contributed by atoms with Crippen molar-refractivity contribution in [2.24, 2.45) is 0 Å². The molecule has 0 bridgehead atoms. The van der Waals surface area contributed by atoms with Crippen molar-refractivity contribution in [1.29, 1.82) is 0 Å². The third-order valence-corrected chi connectivity index (χ3v) is 7.04. The van der Waals surface area contributed by atoms with Gasteiger partial charge < -0.3 is 10.1 Å². The Bertz CT molecular complexity index is 1060. The molecule has 2 aromatic rings. The number of ether oxygens (including phenoxy) is 1. The lowest BCUT2D eigenvalue weighted by Gasteiger charge is -2.21. The monoisotopic (exact) mass is 457 g/mol. The molecule has 1 aliphatic rings. The summed E-state index contributed by atoms with van der Waals surface area (Å²) in [6, 6.07) is 15.3. The number of amides is 2. The molecule has 170 valence electrons. The number of sulfonamides is 1. The Balaban J connectivity index is 1.62. The zero-order chi connectivity index (χ0) is 23.0. The van der Waals surface area contributed by atoms with E-state index in [1.165, 1.54) is 22.5 Å². The molecule has 1 aliphatic heterocycles. The van der Waals surface area contributed by atoms with Crippen molar-refractivity contribution in [3.05, 3.63) is 72.8 Å². The van der Waals surface area contributed by atoms with Crippen LogP contribution in [0.25, 0.3) is 0 Å². The maximum Gasteiger partial charge on any atom is 0.411 e. The third-order valence-electron chi connectivity index (χ3n) is 5.15. The van der Waals surface area contributed by atoms with Crippen molar-refractivity contribution >= 4 is 27.7 Å². The highest BCUT2D eigenvalue weighted by Gasteiger charge is 2.28. The first-order valence-electron chi connectivity index (χ1n) is 10.4. The molecular formula is C23H27N3O5S. The lowest BCUT2D eigenvalue weighted by Crippen LogP contribution is -2.36. The standard InChI is InChI=1S/C23H27N3O5S/c1-2-22(27)24-19-11-7-14-26(15-13-19)32(29,30)21-12-6-10-20(16-21)25-23(28)31-17-18-8-4-3-5-9-18/h2-6,8-10,12,16,19H,1,7,11,13-15,17H2,(H,24,27)(H,25,28). The Hall–Kier alpha value is -3.17. The molecule has 0 radical (unpaired) electrons. The molecule has 8 nitrogen and oxygen atoms in total. The van der Waals surface area contributed by atoms with Crippen molar-refractivity contribution in [3.8, 4) is 0 Å². The van der Waals surface area contributed by atoms with Crippen LogP contribution in [-0.2, 0) is 26.2 Å². The van der Waals surface area contributed by atoms with Gasteiger partial charge in [0.05, 0.1) is 4.90 Å². The van der Waals surface area contributed by atoms with Gasteiger partial charge in [0.2, 0.25) is 15.9 Å². The minimum absolute atomic E-state index is 0.0897. The Labute approximate surface area is 188 Å². The lowest BCUT2D eigenvalue weighted by molar-refractivity contribution is -0.117. The zero-order valence-electron chi connectivity index (χ0n) is 17.7. The molecule has 2 amide bonds. The summed E-state index contributed by atoms with van der Waals surface area (Å²) in [5, 5.41) is 5.41. The molecule has 9 heteroatoms. The van der Waals surface area contributed by atoms with Crippen LogP contribution in [0.3, 0.4) is 0 Å². The first-order chi connectivity index (χ1) is 15.4. The van der Waals surface area contributed by atoms with Crippen LogP contribution in [0.4, 0.5) is 10.5 Å². The number of hydrogen-bond acceptors (Lipinski definition) is 5. The molecule has 3 rings (SSSR count). The normalized spacial score (nSPS) is 17.1. The van der Waals surface area contributed by atoms with E-state index in [-0.39, 0.29) is 23.5 Å². The van der Waals surface area contributed by atoms with Gasteiger partial charge >= 0.3 is 6.09 Å². The number of nitrogens with one attached hydrogen (secondary N) is 2. The zero-order valence-corrected chi connectivity index (χ0v) is 18.5. The second-order valence-electron chi connectivity index (χ2n) is 7.46. The van der Waals surface area contributed by atoms with Crippen LogP contribution in [0.5, 0.6) is 0 Å². The Morgan fingerprint density at radius 3 is 2.62 bits per heavy atom. The summed E-state index contributed by atoms with van der Waals surface area (Å²) in [6.45, 7) is 4.21. The molecule has 32 heavy (non-hydrogen) atoms. The van der Waals surface area contributed by atoms with Gasteiger partial charge in [0.25, 0.3) is 0 Å². The van der Waals surface area contributed by atoms with E-state index in [0.29, 0.717) is 38.0 Å². The fraction of sp³-hybridized carbons (Fsp3) is 0.304. The molecule has 1 atom stereocenters. The van der Waals surface area contributed by atoms with E-state index >= 15 is 0 Å². The van der Waals surface area contributed by atoms with E-state index in [4.69, 9.17) is 4.74 Å². The molecule has 0 spiro atoms. The molecule has 1 unspecified atom stereocenters. The van der Waals surface area contributed by atoms with Crippen LogP contribution in [-0.4, -0.2) is 43.9 Å². The minimum atomic E-state index is -3.75. The van der Waals surface area contributed by atoms with Crippen molar-refractivity contribution in [1.82, 2.24) is 9.62 Å². The van der Waals surface area contributed by atoms with E-state index in [1.54, 1.807) is 12.1 Å². The number of anilines is 1. The molecule has 0 aromatic heterocycles. The number of hydrogen-bond donors (Lipinski definition) is 2. The Morgan fingerprint density at radius 2 is 1.88 bits per heavy atom. The summed E-state index contributed by atoms with van der Waals surface area (Å²) in [7, 11) is -3.75. The van der Waals surface area contributed by atoms with E-state index in [1.807, 2.05) is 30.3 Å². The minimum Gasteiger partial charge on any atom is -0.444 e. The quantitative estimate of drug-likeness (QED) is 0.621. The van der Waals surface area contributed by atoms with Gasteiger partial charge in [-0.15, -0.1) is 0 Å². The molecule has 1 saturated heterocycles. The largest absolute Gasteiger partial charge is 0.444 e. The fourth-order valence-corrected chi connectivity index (χ4v) is 5.02. The second-order valence-corrected chi connectivity index (χ2v) is 9.40. The highest BCUT2D eigenvalue weighted by Crippen LogP contribution is 2.23. The molecule has 0 aliphatic carbocycles. The summed E-state index contributed by atoms with van der Waals surface area (Å²) < 4.78 is 32.9. The molecule has 1 heterocycles. The first kappa shape index (κ1) is 23.5. The molecule has 2 aromatic carbocycles. The fourth-order valence-electron chi connectivity index (χ4n) is 3.48. The summed E-state index contributed by atoms with van der Waals surface area (Å²) in [5.74, 6) is -0.260. The van der Waals surface area contributed by atoms with Crippen LogP contribution in [0, 0.1) is 0 Å². The molecule has 1 fully saturated rings. The predicted octanol–water partition coefficient (Wildman–Crippen LogP) is 3.28. The van der Waals surface area contributed by atoms with Gasteiger partial charge in [0.1, 0.15) is 6.61 Å². The number of benzene rings is 2. The molecular weight excluding hydrogens is 430 g/mol. The van der Waals surface area contributed by atoms with Crippen molar-refractivity contribution in [2.75, 3.05) is 18.4 Å². The summed E-state index contributed by atoms with van der Waals surface area (Å²) in [6.07, 6.45) is 2.38. The van der Waals surface area contributed by atoms with Crippen molar-refractivity contribution in [2.45, 2.75) is 36.8 Å². The van der Waals surface area contributed by atoms with E-state index in [0.717, 1.165) is 5.56 Å². The lowest BCUT2D eigenvalue weighted by atomic mass is 10.1. The third kappa shape index (κ3) is 6.41. The summed E-state index contributed by atoms with van der Waals surface area (Å²) >= 11 is 0. The predicted molar refractivity (Wildman–Crippen MR) is 121 cm³/mol. The molecule has 2 N–H and O–H groups in total. The van der Waals surface area contributed by atoms with Crippen molar-refractivity contribution < 1.29 is 22.7 Å². The topological polar surface area (TPSA) is 105 Å². The van der Waals surface area contributed by atoms with E-state index in [9.17, 15) is 18.0 Å². The van der Waals surface area contributed by atoms with Gasteiger partial charge in [0.15, 0.2) is 0 Å². The molecule has 0 saturated carbocycles. The van der Waals surface area contributed by atoms with Crippen LogP contribution < -0.4 is 10.6 Å². The van der Waals surface area contributed by atoms with Crippen LogP contribution in [0.2, 0.25) is 0 Å². The maximum atomic E-state index is 13.2. The summed E-state index contributed by atoms with van der Waals surface area (Å²) in [4.78, 5) is 23.7. The SMILES string of the molecule is C=CC(=O)NC1CCCN(S(=O)(=O)c2cccc(NC(=O)OCc3ccccc3)c2)CC1. The van der Waals surface area contributed by atoms with Gasteiger partial charge in [-0.05, 0) is 49.1 Å². The smallest absolute Gasteiger partial charge is 0.411 e. The first-order valence-corrected chi connectivity index (χ1v) is 11.8. The number of nitrogens with zero attached hydrogens (tertiary/aromatic N) is 1. The van der Waals surface area contributed by atoms with Crippen LogP contribution >= 0.6 is 0 Å². The second kappa shape index (κ2) is 10.9. The van der Waals surface area contributed by atoms with Crippen LogP contribution in [0.15, 0.2) is 72.1 Å². The number of carbonyl (C=O) groups is 2. The Kier molecular flexibility index (Phi) is 8.02. The van der Waals surface area contributed by atoms with Gasteiger partial charge in [-0.25, -0.2) is 13.2 Å². The van der Waals surface area contributed by atoms with Gasteiger partial charge in [0, 0.05) is 24.8 Å². The van der Waals surface area contributed by atoms with E-state index < -0.39 is 16.1 Å². The van der Waals surface area contributed by atoms with Crippen LogP contribution in [0.1, 0.15) is 24.8 Å². The highest BCUT2D eigenvalue weighted by molar-refractivity contribution is 7.89. The number of rotatable bonds is 7. The van der Waals surface area contributed by atoms with Gasteiger partial charge in [-0.2, -0.15) is 4.31 Å². The van der Waals surface area contributed by atoms with Gasteiger partial charge in [-0.1, -0.05) is 43.0 Å². The van der Waals surface area contributed by atoms with Crippen molar-refractivity contribution in [3.63, 3.8) is 0 Å². The van der Waals surface area contributed by atoms with E-state index in [2.05, 4.69) is 17.2 Å². The summed E-state index contributed by atoms with van der Waals surface area (Å²) in [5.41, 5.74) is 1.18.